The Hall–Kier alpha value is -1.88. The van der Waals surface area contributed by atoms with Gasteiger partial charge in [-0.15, -0.1) is 11.3 Å². The van der Waals surface area contributed by atoms with E-state index in [1.54, 1.807) is 18.4 Å². The van der Waals surface area contributed by atoms with Crippen molar-refractivity contribution in [3.8, 4) is 0 Å². The summed E-state index contributed by atoms with van der Waals surface area (Å²) in [6, 6.07) is 8.65. The Bertz CT molecular complexity index is 633. The minimum atomic E-state index is 0.434. The molecule has 0 aliphatic carbocycles. The lowest BCUT2D eigenvalue weighted by atomic mass is 9.99. The molecule has 1 heterocycles. The molecule has 1 unspecified atom stereocenters. The predicted molar refractivity (Wildman–Crippen MR) is 94.6 cm³/mol. The standard InChI is InChI=1S/C17H24N4S/c1-12-6-5-7-15(8-12)13(2)9-20-17(18-4)21-11-16-10-19-14(3)22-16/h5-8,10,13H,9,11H2,1-4H3,(H2,18,20,21). The maximum Gasteiger partial charge on any atom is 0.191 e. The molecule has 0 saturated heterocycles. The molecule has 0 aliphatic rings. The van der Waals surface area contributed by atoms with Crippen molar-refractivity contribution in [2.24, 2.45) is 4.99 Å². The summed E-state index contributed by atoms with van der Waals surface area (Å²) in [6.45, 7) is 7.97. The van der Waals surface area contributed by atoms with Crippen LogP contribution in [0.2, 0.25) is 0 Å². The van der Waals surface area contributed by atoms with Gasteiger partial charge >= 0.3 is 0 Å². The van der Waals surface area contributed by atoms with E-state index < -0.39 is 0 Å². The van der Waals surface area contributed by atoms with Gasteiger partial charge < -0.3 is 10.6 Å². The Morgan fingerprint density at radius 3 is 2.77 bits per heavy atom. The number of thiazole rings is 1. The van der Waals surface area contributed by atoms with Gasteiger partial charge in [0, 0.05) is 24.7 Å². The van der Waals surface area contributed by atoms with Gasteiger partial charge in [-0.1, -0.05) is 36.8 Å². The van der Waals surface area contributed by atoms with Crippen LogP contribution in [0.4, 0.5) is 0 Å². The number of hydrogen-bond acceptors (Lipinski definition) is 3. The molecule has 22 heavy (non-hydrogen) atoms. The molecule has 0 saturated carbocycles. The fourth-order valence-corrected chi connectivity index (χ4v) is 2.96. The Kier molecular flexibility index (Phi) is 5.95. The Morgan fingerprint density at radius 1 is 1.32 bits per heavy atom. The Balaban J connectivity index is 1.83. The third-order valence-electron chi connectivity index (χ3n) is 3.51. The molecule has 2 N–H and O–H groups in total. The van der Waals surface area contributed by atoms with E-state index in [-0.39, 0.29) is 0 Å². The van der Waals surface area contributed by atoms with Crippen molar-refractivity contribution >= 4 is 17.3 Å². The third kappa shape index (κ3) is 4.84. The summed E-state index contributed by atoms with van der Waals surface area (Å²) in [4.78, 5) is 9.75. The minimum Gasteiger partial charge on any atom is -0.356 e. The molecule has 118 valence electrons. The van der Waals surface area contributed by atoms with E-state index in [0.29, 0.717) is 5.92 Å². The zero-order valence-corrected chi connectivity index (χ0v) is 14.5. The number of nitrogens with zero attached hydrogens (tertiary/aromatic N) is 2. The summed E-state index contributed by atoms with van der Waals surface area (Å²) in [5.74, 6) is 1.26. The van der Waals surface area contributed by atoms with E-state index in [1.165, 1.54) is 16.0 Å². The van der Waals surface area contributed by atoms with Gasteiger partial charge in [0.2, 0.25) is 0 Å². The molecular weight excluding hydrogens is 292 g/mol. The molecule has 0 spiro atoms. The third-order valence-corrected chi connectivity index (χ3v) is 4.42. The van der Waals surface area contributed by atoms with E-state index in [1.807, 2.05) is 13.1 Å². The van der Waals surface area contributed by atoms with Gasteiger partial charge in [-0.3, -0.25) is 4.99 Å². The molecule has 0 radical (unpaired) electrons. The minimum absolute atomic E-state index is 0.434. The van der Waals surface area contributed by atoms with Crippen molar-refractivity contribution in [3.05, 3.63) is 51.5 Å². The summed E-state index contributed by atoms with van der Waals surface area (Å²) < 4.78 is 0. The van der Waals surface area contributed by atoms with Gasteiger partial charge in [0.1, 0.15) is 0 Å². The highest BCUT2D eigenvalue weighted by molar-refractivity contribution is 7.11. The quantitative estimate of drug-likeness (QED) is 0.658. The number of aryl methyl sites for hydroxylation is 2. The first kappa shape index (κ1) is 16.5. The zero-order valence-electron chi connectivity index (χ0n) is 13.7. The first-order valence-corrected chi connectivity index (χ1v) is 8.32. The van der Waals surface area contributed by atoms with Crippen molar-refractivity contribution in [3.63, 3.8) is 0 Å². The molecule has 1 atom stereocenters. The molecule has 2 aromatic rings. The monoisotopic (exact) mass is 316 g/mol. The number of aromatic nitrogens is 1. The molecule has 5 heteroatoms. The maximum absolute atomic E-state index is 4.27. The van der Waals surface area contributed by atoms with Crippen molar-refractivity contribution < 1.29 is 0 Å². The number of rotatable bonds is 5. The van der Waals surface area contributed by atoms with E-state index >= 15 is 0 Å². The molecule has 0 aliphatic heterocycles. The van der Waals surface area contributed by atoms with Crippen LogP contribution in [0.25, 0.3) is 0 Å². The molecule has 0 amide bonds. The smallest absolute Gasteiger partial charge is 0.191 e. The number of benzene rings is 1. The average Bonchev–Trinajstić information content (AvgIpc) is 2.92. The molecule has 1 aromatic heterocycles. The first-order chi connectivity index (χ1) is 10.6. The summed E-state index contributed by atoms with van der Waals surface area (Å²) >= 11 is 1.71. The lowest BCUT2D eigenvalue weighted by Crippen LogP contribution is -2.38. The fourth-order valence-electron chi connectivity index (χ4n) is 2.22. The summed E-state index contributed by atoms with van der Waals surface area (Å²) in [5, 5.41) is 7.80. The van der Waals surface area contributed by atoms with Gasteiger partial charge in [0.05, 0.1) is 11.6 Å². The molecular formula is C17H24N4S. The summed E-state index contributed by atoms with van der Waals surface area (Å²) in [5.41, 5.74) is 2.65. The van der Waals surface area contributed by atoms with Crippen molar-refractivity contribution in [1.29, 1.82) is 0 Å². The van der Waals surface area contributed by atoms with Gasteiger partial charge in [-0.2, -0.15) is 0 Å². The van der Waals surface area contributed by atoms with E-state index in [0.717, 1.165) is 24.1 Å². The number of hydrogen-bond donors (Lipinski definition) is 2. The van der Waals surface area contributed by atoms with E-state index in [9.17, 15) is 0 Å². The van der Waals surface area contributed by atoms with Crippen molar-refractivity contribution in [1.82, 2.24) is 15.6 Å². The van der Waals surface area contributed by atoms with Crippen LogP contribution in [0.1, 0.15) is 33.9 Å². The number of guanidine groups is 1. The normalized spacial score (nSPS) is 13.0. The van der Waals surface area contributed by atoms with Crippen LogP contribution in [0.5, 0.6) is 0 Å². The van der Waals surface area contributed by atoms with Crippen LogP contribution >= 0.6 is 11.3 Å². The molecule has 4 nitrogen and oxygen atoms in total. The van der Waals surface area contributed by atoms with Crippen molar-refractivity contribution in [2.75, 3.05) is 13.6 Å². The topological polar surface area (TPSA) is 49.3 Å². The first-order valence-electron chi connectivity index (χ1n) is 7.51. The highest BCUT2D eigenvalue weighted by Crippen LogP contribution is 2.15. The lowest BCUT2D eigenvalue weighted by Gasteiger charge is -2.16. The van der Waals surface area contributed by atoms with Crippen LogP contribution in [0, 0.1) is 13.8 Å². The molecule has 1 aromatic carbocycles. The highest BCUT2D eigenvalue weighted by atomic mass is 32.1. The van der Waals surface area contributed by atoms with Crippen LogP contribution < -0.4 is 10.6 Å². The van der Waals surface area contributed by atoms with Crippen LogP contribution in [-0.2, 0) is 6.54 Å². The van der Waals surface area contributed by atoms with Crippen LogP contribution in [0.3, 0.4) is 0 Å². The fraction of sp³-hybridized carbons (Fsp3) is 0.412. The average molecular weight is 316 g/mol. The predicted octanol–water partition coefficient (Wildman–Crippen LogP) is 3.23. The second-order valence-corrected chi connectivity index (χ2v) is 6.79. The second kappa shape index (κ2) is 7.94. The van der Waals surface area contributed by atoms with Crippen molar-refractivity contribution in [2.45, 2.75) is 33.2 Å². The highest BCUT2D eigenvalue weighted by Gasteiger charge is 2.07. The van der Waals surface area contributed by atoms with Gasteiger partial charge in [-0.05, 0) is 25.3 Å². The van der Waals surface area contributed by atoms with Crippen LogP contribution in [-0.4, -0.2) is 24.5 Å². The number of aliphatic imine (C=N–C) groups is 1. The summed E-state index contributed by atoms with van der Waals surface area (Å²) in [7, 11) is 1.80. The van der Waals surface area contributed by atoms with Crippen LogP contribution in [0.15, 0.2) is 35.5 Å². The van der Waals surface area contributed by atoms with E-state index in [4.69, 9.17) is 0 Å². The molecule has 0 fully saturated rings. The Labute approximate surface area is 136 Å². The maximum atomic E-state index is 4.27. The molecule has 0 bridgehead atoms. The second-order valence-electron chi connectivity index (χ2n) is 5.47. The summed E-state index contributed by atoms with van der Waals surface area (Å²) in [6.07, 6.45) is 1.91. The zero-order chi connectivity index (χ0) is 15.9. The largest absolute Gasteiger partial charge is 0.356 e. The van der Waals surface area contributed by atoms with E-state index in [2.05, 4.69) is 58.7 Å². The van der Waals surface area contributed by atoms with Gasteiger partial charge in [0.25, 0.3) is 0 Å². The van der Waals surface area contributed by atoms with Gasteiger partial charge in [-0.25, -0.2) is 4.98 Å². The Morgan fingerprint density at radius 2 is 2.14 bits per heavy atom. The lowest BCUT2D eigenvalue weighted by molar-refractivity contribution is 0.699. The van der Waals surface area contributed by atoms with Gasteiger partial charge in [0.15, 0.2) is 5.96 Å². The number of nitrogens with one attached hydrogen (secondary N) is 2. The molecule has 2 rings (SSSR count). The SMILES string of the molecule is CN=C(NCc1cnc(C)s1)NCC(C)c1cccc(C)c1.